The third kappa shape index (κ3) is 5.42. The van der Waals surface area contributed by atoms with Crippen molar-refractivity contribution < 1.29 is 4.74 Å². The summed E-state index contributed by atoms with van der Waals surface area (Å²) in [6, 6.07) is 67.7. The van der Waals surface area contributed by atoms with Crippen molar-refractivity contribution in [1.29, 1.82) is 0 Å². The Balaban J connectivity index is 1.07. The lowest BCUT2D eigenvalue weighted by molar-refractivity contribution is 0.471. The average molecular weight is 709 g/mol. The summed E-state index contributed by atoms with van der Waals surface area (Å²) < 4.78 is 6.51. The van der Waals surface area contributed by atoms with Crippen molar-refractivity contribution >= 4 is 34.1 Å². The van der Waals surface area contributed by atoms with E-state index >= 15 is 0 Å². The standard InChI is InChI=1S/C52H40N2O/c1-35-14-12-22-48-50(35)54-47-33-28-40(34-45(47)52(2,3)44-20-13-23-49(55-48)51(44)54)38-26-31-42(32-27-38)53(41-29-24-37(25-30-41)36-15-6-4-7-16-36)46-21-11-10-19-43(46)39-17-8-5-9-18-39/h4-34H,1-3H3. The Labute approximate surface area is 323 Å². The number of ether oxygens (including phenoxy) is 1. The van der Waals surface area contributed by atoms with Crippen LogP contribution in [0.15, 0.2) is 188 Å². The summed E-state index contributed by atoms with van der Waals surface area (Å²) in [7, 11) is 0. The number of hydrogen-bond donors (Lipinski definition) is 0. The van der Waals surface area contributed by atoms with E-state index in [-0.39, 0.29) is 5.41 Å². The van der Waals surface area contributed by atoms with Gasteiger partial charge in [-0.2, -0.15) is 0 Å². The Morgan fingerprint density at radius 1 is 0.455 bits per heavy atom. The Hall–Kier alpha value is -6.84. The first-order valence-corrected chi connectivity index (χ1v) is 19.0. The SMILES string of the molecule is Cc1cccc2c1N1c3ccc(-c4ccc(N(c5ccc(-c6ccccc6)cc5)c5ccccc5-c5ccccc5)cc4)cc3C(C)(C)c3cccc(c31)O2. The lowest BCUT2D eigenvalue weighted by Gasteiger charge is -2.45. The molecule has 0 N–H and O–H groups in total. The van der Waals surface area contributed by atoms with E-state index in [9.17, 15) is 0 Å². The molecular weight excluding hydrogens is 669 g/mol. The third-order valence-electron chi connectivity index (χ3n) is 11.4. The molecule has 0 atom stereocenters. The largest absolute Gasteiger partial charge is 0.453 e. The molecule has 264 valence electrons. The number of benzene rings is 8. The molecule has 0 saturated carbocycles. The minimum absolute atomic E-state index is 0.236. The van der Waals surface area contributed by atoms with Crippen molar-refractivity contribution in [2.45, 2.75) is 26.2 Å². The fraction of sp³-hybridized carbons (Fsp3) is 0.0769. The first-order valence-electron chi connectivity index (χ1n) is 19.0. The summed E-state index contributed by atoms with van der Waals surface area (Å²) in [6.07, 6.45) is 0. The molecule has 8 aromatic carbocycles. The summed E-state index contributed by atoms with van der Waals surface area (Å²) in [4.78, 5) is 4.81. The number of fused-ring (bicyclic) bond motifs is 4. The van der Waals surface area contributed by atoms with Gasteiger partial charge in [0.05, 0.1) is 22.7 Å². The zero-order chi connectivity index (χ0) is 37.1. The van der Waals surface area contributed by atoms with E-state index in [1.807, 2.05) is 0 Å². The number of anilines is 6. The van der Waals surface area contributed by atoms with Crippen molar-refractivity contribution in [3.8, 4) is 44.9 Å². The first kappa shape index (κ1) is 32.8. The van der Waals surface area contributed by atoms with Crippen molar-refractivity contribution in [3.05, 3.63) is 205 Å². The van der Waals surface area contributed by atoms with Gasteiger partial charge < -0.3 is 14.5 Å². The lowest BCUT2D eigenvalue weighted by atomic mass is 9.72. The Morgan fingerprint density at radius 3 is 1.69 bits per heavy atom. The fourth-order valence-corrected chi connectivity index (χ4v) is 8.56. The molecule has 0 amide bonds. The molecule has 8 aromatic rings. The van der Waals surface area contributed by atoms with Gasteiger partial charge in [0.25, 0.3) is 0 Å². The zero-order valence-electron chi connectivity index (χ0n) is 31.2. The summed E-state index contributed by atoms with van der Waals surface area (Å²) >= 11 is 0. The van der Waals surface area contributed by atoms with Gasteiger partial charge in [-0.1, -0.05) is 147 Å². The van der Waals surface area contributed by atoms with Crippen LogP contribution < -0.4 is 14.5 Å². The normalized spacial score (nSPS) is 13.3. The molecule has 2 heterocycles. The number of hydrogen-bond acceptors (Lipinski definition) is 3. The minimum Gasteiger partial charge on any atom is -0.453 e. The molecule has 0 aromatic heterocycles. The maximum atomic E-state index is 6.51. The van der Waals surface area contributed by atoms with Gasteiger partial charge in [0.2, 0.25) is 0 Å². The molecule has 2 aliphatic rings. The van der Waals surface area contributed by atoms with Crippen LogP contribution in [0, 0.1) is 6.92 Å². The topological polar surface area (TPSA) is 15.7 Å². The van der Waals surface area contributed by atoms with Gasteiger partial charge in [0.15, 0.2) is 11.5 Å². The summed E-state index contributed by atoms with van der Waals surface area (Å²) in [6.45, 7) is 6.85. The molecule has 0 spiro atoms. The Kier molecular flexibility index (Phi) is 7.71. The van der Waals surface area contributed by atoms with Gasteiger partial charge in [-0.25, -0.2) is 0 Å². The summed E-state index contributed by atoms with van der Waals surface area (Å²) in [5.41, 5.74) is 17.4. The second-order valence-electron chi connectivity index (χ2n) is 15.0. The van der Waals surface area contributed by atoms with Crippen LogP contribution in [-0.2, 0) is 5.41 Å². The molecule has 3 nitrogen and oxygen atoms in total. The van der Waals surface area contributed by atoms with Gasteiger partial charge in [0.1, 0.15) is 0 Å². The van der Waals surface area contributed by atoms with Gasteiger partial charge in [0, 0.05) is 22.4 Å². The minimum atomic E-state index is -0.236. The van der Waals surface area contributed by atoms with Gasteiger partial charge in [-0.05, 0) is 106 Å². The first-order chi connectivity index (χ1) is 27.0. The van der Waals surface area contributed by atoms with Crippen molar-refractivity contribution in [1.82, 2.24) is 0 Å². The van der Waals surface area contributed by atoms with E-state index in [1.165, 1.54) is 55.8 Å². The number of rotatable bonds is 6. The molecule has 0 saturated heterocycles. The van der Waals surface area contributed by atoms with Crippen molar-refractivity contribution in [3.63, 3.8) is 0 Å². The molecule has 3 heteroatoms. The number of aryl methyl sites for hydroxylation is 1. The Bertz CT molecular complexity index is 2700. The van der Waals surface area contributed by atoms with Crippen LogP contribution in [0.5, 0.6) is 11.5 Å². The molecule has 10 rings (SSSR count). The van der Waals surface area contributed by atoms with Crippen LogP contribution in [0.25, 0.3) is 33.4 Å². The molecule has 0 bridgehead atoms. The summed E-state index contributed by atoms with van der Waals surface area (Å²) in [5, 5.41) is 0. The van der Waals surface area contributed by atoms with Crippen LogP contribution in [0.2, 0.25) is 0 Å². The van der Waals surface area contributed by atoms with Crippen LogP contribution in [-0.4, -0.2) is 0 Å². The van der Waals surface area contributed by atoms with Crippen LogP contribution in [0.3, 0.4) is 0 Å². The van der Waals surface area contributed by atoms with E-state index in [2.05, 4.69) is 219 Å². The maximum Gasteiger partial charge on any atom is 0.151 e. The van der Waals surface area contributed by atoms with Crippen LogP contribution in [0.4, 0.5) is 34.1 Å². The molecule has 0 aliphatic carbocycles. The molecule has 2 aliphatic heterocycles. The van der Waals surface area contributed by atoms with Crippen molar-refractivity contribution in [2.24, 2.45) is 0 Å². The smallest absolute Gasteiger partial charge is 0.151 e. The second-order valence-corrected chi connectivity index (χ2v) is 15.0. The number of para-hydroxylation sites is 3. The quantitative estimate of drug-likeness (QED) is 0.171. The highest BCUT2D eigenvalue weighted by molar-refractivity contribution is 5.95. The van der Waals surface area contributed by atoms with Gasteiger partial charge in [-0.15, -0.1) is 0 Å². The maximum absolute atomic E-state index is 6.51. The molecule has 55 heavy (non-hydrogen) atoms. The molecule has 0 fully saturated rings. The predicted molar refractivity (Wildman–Crippen MR) is 229 cm³/mol. The second kappa shape index (κ2) is 12.9. The third-order valence-corrected chi connectivity index (χ3v) is 11.4. The molecule has 0 radical (unpaired) electrons. The zero-order valence-corrected chi connectivity index (χ0v) is 31.2. The van der Waals surface area contributed by atoms with E-state index < -0.39 is 0 Å². The van der Waals surface area contributed by atoms with Crippen molar-refractivity contribution in [2.75, 3.05) is 9.80 Å². The summed E-state index contributed by atoms with van der Waals surface area (Å²) in [5.74, 6) is 1.80. The van der Waals surface area contributed by atoms with E-state index in [0.29, 0.717) is 0 Å². The fourth-order valence-electron chi connectivity index (χ4n) is 8.56. The number of nitrogens with zero attached hydrogens (tertiary/aromatic N) is 2. The van der Waals surface area contributed by atoms with Gasteiger partial charge in [-0.3, -0.25) is 0 Å². The monoisotopic (exact) mass is 708 g/mol. The molecular formula is C52H40N2O. The van der Waals surface area contributed by atoms with E-state index in [4.69, 9.17) is 4.74 Å². The van der Waals surface area contributed by atoms with Crippen LogP contribution >= 0.6 is 0 Å². The highest BCUT2D eigenvalue weighted by Crippen LogP contribution is 2.60. The van der Waals surface area contributed by atoms with Gasteiger partial charge >= 0.3 is 0 Å². The Morgan fingerprint density at radius 2 is 1.00 bits per heavy atom. The lowest BCUT2D eigenvalue weighted by Crippen LogP contribution is -2.32. The van der Waals surface area contributed by atoms with E-state index in [0.717, 1.165) is 39.9 Å². The van der Waals surface area contributed by atoms with Crippen LogP contribution in [0.1, 0.15) is 30.5 Å². The predicted octanol–water partition coefficient (Wildman–Crippen LogP) is 14.7. The van der Waals surface area contributed by atoms with E-state index in [1.54, 1.807) is 0 Å². The average Bonchev–Trinajstić information content (AvgIpc) is 3.24. The highest BCUT2D eigenvalue weighted by Gasteiger charge is 2.42. The molecule has 0 unspecified atom stereocenters. The highest BCUT2D eigenvalue weighted by atomic mass is 16.5.